The number of nitrogens with zero attached hydrogens (tertiary/aromatic N) is 3. The largest absolute Gasteiger partial charge is 0.360 e. The highest BCUT2D eigenvalue weighted by molar-refractivity contribution is 7.99. The molecule has 0 unspecified atom stereocenters. The molecular formula is C14H14F2N4O3S. The smallest absolute Gasteiger partial charge is 0.290 e. The molecule has 128 valence electrons. The molecule has 2 aromatic heterocycles. The zero-order valence-corrected chi connectivity index (χ0v) is 13.6. The highest BCUT2D eigenvalue weighted by Gasteiger charge is 2.21. The number of nitrogens with one attached hydrogen (secondary N) is 1. The number of aryl methyl sites for hydroxylation is 1. The van der Waals surface area contributed by atoms with Gasteiger partial charge in [0.15, 0.2) is 5.82 Å². The van der Waals surface area contributed by atoms with Crippen LogP contribution in [0, 0.1) is 6.92 Å². The zero-order chi connectivity index (χ0) is 17.7. The number of hydrogen-bond acceptors (Lipinski definition) is 6. The molecule has 2 aromatic rings. The number of hydrogen-bond donors (Lipinski definition) is 1. The second-order valence-electron chi connectivity index (χ2n) is 4.77. The average Bonchev–Trinajstić information content (AvgIpc) is 2.91. The van der Waals surface area contributed by atoms with Crippen molar-refractivity contribution in [2.75, 3.05) is 18.9 Å². The molecule has 0 spiro atoms. The van der Waals surface area contributed by atoms with Gasteiger partial charge in [-0.2, -0.15) is 8.78 Å². The van der Waals surface area contributed by atoms with E-state index < -0.39 is 17.6 Å². The minimum atomic E-state index is -2.70. The number of thioether (sulfide) groups is 1. The van der Waals surface area contributed by atoms with Gasteiger partial charge in [0, 0.05) is 19.3 Å². The monoisotopic (exact) mass is 356 g/mol. The molecule has 0 aliphatic heterocycles. The first-order valence-electron chi connectivity index (χ1n) is 6.75. The maximum absolute atomic E-state index is 12.5. The van der Waals surface area contributed by atoms with E-state index in [1.54, 1.807) is 6.92 Å². The van der Waals surface area contributed by atoms with E-state index in [1.807, 2.05) is 0 Å². The van der Waals surface area contributed by atoms with Crippen LogP contribution in [0.25, 0.3) is 0 Å². The highest BCUT2D eigenvalue weighted by Crippen LogP contribution is 2.26. The van der Waals surface area contributed by atoms with Crippen LogP contribution in [-0.4, -0.2) is 46.2 Å². The Morgan fingerprint density at radius 1 is 1.46 bits per heavy atom. The van der Waals surface area contributed by atoms with E-state index in [-0.39, 0.29) is 34.7 Å². The van der Waals surface area contributed by atoms with Crippen LogP contribution in [0.1, 0.15) is 16.1 Å². The van der Waals surface area contributed by atoms with Gasteiger partial charge < -0.3 is 14.7 Å². The molecule has 0 bridgehead atoms. The minimum Gasteiger partial charge on any atom is -0.360 e. The Kier molecular flexibility index (Phi) is 5.85. The van der Waals surface area contributed by atoms with Gasteiger partial charge >= 0.3 is 0 Å². The van der Waals surface area contributed by atoms with Crippen molar-refractivity contribution in [3.05, 3.63) is 35.7 Å². The van der Waals surface area contributed by atoms with Gasteiger partial charge in [-0.1, -0.05) is 5.16 Å². The normalized spacial score (nSPS) is 10.7. The summed E-state index contributed by atoms with van der Waals surface area (Å²) in [4.78, 5) is 29.1. The Morgan fingerprint density at radius 3 is 2.83 bits per heavy atom. The number of carbonyl (C=O) groups excluding carboxylic acids is 2. The third-order valence-corrected chi connectivity index (χ3v) is 3.55. The van der Waals surface area contributed by atoms with Gasteiger partial charge in [0.1, 0.15) is 10.8 Å². The highest BCUT2D eigenvalue weighted by atomic mass is 32.2. The quantitative estimate of drug-likeness (QED) is 0.800. The number of aromatic nitrogens is 2. The van der Waals surface area contributed by atoms with Crippen LogP contribution in [-0.2, 0) is 4.79 Å². The predicted octanol–water partition coefficient (Wildman–Crippen LogP) is 2.40. The summed E-state index contributed by atoms with van der Waals surface area (Å²) >= 11 is 0.180. The first kappa shape index (κ1) is 17.9. The number of halogens is 2. The van der Waals surface area contributed by atoms with E-state index in [2.05, 4.69) is 15.5 Å². The van der Waals surface area contributed by atoms with Gasteiger partial charge in [-0.05, 0) is 30.8 Å². The lowest BCUT2D eigenvalue weighted by molar-refractivity contribution is -0.116. The van der Waals surface area contributed by atoms with E-state index in [0.717, 1.165) is 4.90 Å². The third-order valence-electron chi connectivity index (χ3n) is 2.83. The summed E-state index contributed by atoms with van der Waals surface area (Å²) in [5, 5.41) is 5.99. The van der Waals surface area contributed by atoms with Crippen molar-refractivity contribution in [1.82, 2.24) is 15.0 Å². The Bertz CT molecular complexity index is 738. The molecule has 0 aliphatic carbocycles. The summed E-state index contributed by atoms with van der Waals surface area (Å²) in [6.45, 7) is 1.39. The molecule has 2 amide bonds. The van der Waals surface area contributed by atoms with Crippen LogP contribution in [0.5, 0.6) is 0 Å². The molecule has 24 heavy (non-hydrogen) atoms. The van der Waals surface area contributed by atoms with Crippen molar-refractivity contribution in [3.63, 3.8) is 0 Å². The first-order valence-corrected chi connectivity index (χ1v) is 7.63. The third kappa shape index (κ3) is 4.75. The maximum atomic E-state index is 12.5. The molecule has 0 radical (unpaired) electrons. The molecule has 0 aromatic carbocycles. The molecular weight excluding hydrogens is 342 g/mol. The van der Waals surface area contributed by atoms with Gasteiger partial charge in [-0.25, -0.2) is 4.98 Å². The van der Waals surface area contributed by atoms with Crippen LogP contribution in [0.2, 0.25) is 0 Å². The molecule has 0 saturated heterocycles. The van der Waals surface area contributed by atoms with Gasteiger partial charge in [-0.3, -0.25) is 9.59 Å². The lowest BCUT2D eigenvalue weighted by Gasteiger charge is -2.17. The second kappa shape index (κ2) is 7.86. The zero-order valence-electron chi connectivity index (χ0n) is 12.8. The number of anilines is 1. The van der Waals surface area contributed by atoms with Gasteiger partial charge in [-0.15, -0.1) is 0 Å². The fourth-order valence-electron chi connectivity index (χ4n) is 1.83. The van der Waals surface area contributed by atoms with Crippen molar-refractivity contribution < 1.29 is 22.9 Å². The van der Waals surface area contributed by atoms with Gasteiger partial charge in [0.2, 0.25) is 5.91 Å². The van der Waals surface area contributed by atoms with Crippen LogP contribution < -0.4 is 5.32 Å². The number of carbonyl (C=O) groups is 2. The topological polar surface area (TPSA) is 88.3 Å². The lowest BCUT2D eigenvalue weighted by Crippen LogP contribution is -2.35. The van der Waals surface area contributed by atoms with Gasteiger partial charge in [0.05, 0.1) is 12.1 Å². The molecule has 0 fully saturated rings. The van der Waals surface area contributed by atoms with E-state index >= 15 is 0 Å². The molecule has 1 N–H and O–H groups in total. The van der Waals surface area contributed by atoms with Crippen molar-refractivity contribution in [2.45, 2.75) is 17.7 Å². The molecule has 0 aliphatic rings. The standard InChI is InChI=1S/C14H14F2N4O3S/c1-8-6-10(19-23-8)18-11(21)7-20(2)13(22)9-4-3-5-17-12(9)24-14(15)16/h3-6,14H,7H2,1-2H3,(H,18,19,21). The van der Waals surface area contributed by atoms with E-state index in [0.29, 0.717) is 5.76 Å². The Morgan fingerprint density at radius 2 is 2.21 bits per heavy atom. The molecule has 0 atom stereocenters. The average molecular weight is 356 g/mol. The molecule has 7 nitrogen and oxygen atoms in total. The Balaban J connectivity index is 2.03. The van der Waals surface area contributed by atoms with Crippen molar-refractivity contribution in [3.8, 4) is 0 Å². The van der Waals surface area contributed by atoms with E-state index in [4.69, 9.17) is 4.52 Å². The van der Waals surface area contributed by atoms with Crippen molar-refractivity contribution in [2.24, 2.45) is 0 Å². The Hall–Kier alpha value is -2.49. The predicted molar refractivity (Wildman–Crippen MR) is 82.9 cm³/mol. The fraction of sp³-hybridized carbons (Fsp3) is 0.286. The summed E-state index contributed by atoms with van der Waals surface area (Å²) in [6, 6.07) is 4.38. The van der Waals surface area contributed by atoms with E-state index in [1.165, 1.54) is 31.4 Å². The summed E-state index contributed by atoms with van der Waals surface area (Å²) in [7, 11) is 1.39. The molecule has 2 rings (SSSR count). The lowest BCUT2D eigenvalue weighted by atomic mass is 10.2. The van der Waals surface area contributed by atoms with E-state index in [9.17, 15) is 18.4 Å². The SMILES string of the molecule is Cc1cc(NC(=O)CN(C)C(=O)c2cccnc2SC(F)F)no1. The minimum absolute atomic E-state index is 0.00961. The van der Waals surface area contributed by atoms with Crippen molar-refractivity contribution in [1.29, 1.82) is 0 Å². The summed E-state index contributed by atoms with van der Waals surface area (Å²) in [5.41, 5.74) is 0.00961. The van der Waals surface area contributed by atoms with Crippen LogP contribution in [0.3, 0.4) is 0 Å². The Labute approximate surface area is 140 Å². The fourth-order valence-corrected chi connectivity index (χ4v) is 2.41. The number of likely N-dealkylation sites (N-methyl/N-ethyl adjacent to an activating group) is 1. The summed E-state index contributed by atoms with van der Waals surface area (Å²) in [6.07, 6.45) is 1.32. The summed E-state index contributed by atoms with van der Waals surface area (Å²) in [5.74, 6) is -3.02. The van der Waals surface area contributed by atoms with Crippen LogP contribution in [0.15, 0.2) is 33.9 Å². The summed E-state index contributed by atoms with van der Waals surface area (Å²) < 4.78 is 29.9. The number of rotatable bonds is 6. The van der Waals surface area contributed by atoms with Crippen LogP contribution in [0.4, 0.5) is 14.6 Å². The number of amides is 2. The van der Waals surface area contributed by atoms with Crippen LogP contribution >= 0.6 is 11.8 Å². The first-order chi connectivity index (χ1) is 11.4. The molecule has 0 saturated carbocycles. The maximum Gasteiger partial charge on any atom is 0.290 e. The second-order valence-corrected chi connectivity index (χ2v) is 5.75. The number of pyridine rings is 1. The number of alkyl halides is 2. The van der Waals surface area contributed by atoms with Gasteiger partial charge in [0.25, 0.3) is 11.7 Å². The molecule has 2 heterocycles. The molecule has 10 heteroatoms. The van der Waals surface area contributed by atoms with Crippen molar-refractivity contribution >= 4 is 29.4 Å².